The minimum atomic E-state index is 0. The van der Waals surface area contributed by atoms with Crippen molar-refractivity contribution in [2.75, 3.05) is 0 Å². The Morgan fingerprint density at radius 3 is 0.680 bits per heavy atom. The molecule has 0 unspecified atom stereocenters. The van der Waals surface area contributed by atoms with Crippen LogP contribution in [0.5, 0.6) is 0 Å². The van der Waals surface area contributed by atoms with Crippen molar-refractivity contribution in [2.45, 2.75) is 35.5 Å². The Kier molecular flexibility index (Phi) is 13.9. The van der Waals surface area contributed by atoms with Crippen molar-refractivity contribution < 1.29 is 46.9 Å². The van der Waals surface area contributed by atoms with Crippen molar-refractivity contribution in [3.63, 3.8) is 0 Å². The van der Waals surface area contributed by atoms with E-state index in [4.69, 9.17) is 37.9 Å². The first kappa shape index (κ1) is 24.8. The fraction of sp³-hybridized carbons (Fsp3) is 0.143. The first-order valence-electron chi connectivity index (χ1n) is 7.58. The average Bonchev–Trinajstić information content (AvgIpc) is 2.57. The van der Waals surface area contributed by atoms with E-state index in [1.54, 1.807) is 0 Å². The van der Waals surface area contributed by atoms with Crippen LogP contribution in [-0.4, -0.2) is 0 Å². The van der Waals surface area contributed by atoms with E-state index in [1.807, 2.05) is 72.8 Å². The van der Waals surface area contributed by atoms with Crippen LogP contribution in [0.1, 0.15) is 16.7 Å². The van der Waals surface area contributed by atoms with E-state index in [0.29, 0.717) is 0 Å². The fourth-order valence-electron chi connectivity index (χ4n) is 1.61. The minimum absolute atomic E-state index is 0. The summed E-state index contributed by atoms with van der Waals surface area (Å²) in [5, 5.41) is 0. The summed E-state index contributed by atoms with van der Waals surface area (Å²) >= 11 is 14.6. The molecule has 0 aliphatic heterocycles. The molecule has 4 heteroatoms. The molecule has 0 aliphatic carbocycles. The van der Waals surface area contributed by atoms with Gasteiger partial charge in [0.1, 0.15) is 0 Å². The smallest absolute Gasteiger partial charge is 0.780 e. The van der Waals surface area contributed by atoms with Gasteiger partial charge in [0.2, 0.25) is 0 Å². The Balaban J connectivity index is 0.000000339. The summed E-state index contributed by atoms with van der Waals surface area (Å²) in [6.45, 7) is 6.15. The van der Waals surface area contributed by atoms with Gasteiger partial charge in [-0.3, -0.25) is 0 Å². The van der Waals surface area contributed by atoms with Crippen LogP contribution in [0.3, 0.4) is 0 Å². The molecule has 0 N–H and O–H groups in total. The van der Waals surface area contributed by atoms with E-state index in [1.165, 1.54) is 16.7 Å². The second-order valence-electron chi connectivity index (χ2n) is 5.44. The number of aryl methyl sites for hydroxylation is 3. The number of hydrogen-bond acceptors (Lipinski definition) is 3. The van der Waals surface area contributed by atoms with E-state index in [0.717, 1.165) is 14.7 Å². The summed E-state index contributed by atoms with van der Waals surface area (Å²) in [6.07, 6.45) is 0. The van der Waals surface area contributed by atoms with Gasteiger partial charge >= 0.3 is 46.9 Å². The van der Waals surface area contributed by atoms with E-state index >= 15 is 0 Å². The van der Waals surface area contributed by atoms with Crippen molar-refractivity contribution in [3.8, 4) is 0 Å². The van der Waals surface area contributed by atoms with Gasteiger partial charge in [-0.1, -0.05) is 89.5 Å². The van der Waals surface area contributed by atoms with Crippen molar-refractivity contribution in [1.29, 1.82) is 0 Å². The van der Waals surface area contributed by atoms with Gasteiger partial charge in [0, 0.05) is 0 Å². The molecular formula is C21H21S3Yb. The van der Waals surface area contributed by atoms with Crippen LogP contribution in [0.4, 0.5) is 0 Å². The summed E-state index contributed by atoms with van der Waals surface area (Å²) in [4.78, 5) is 2.74. The zero-order valence-electron chi connectivity index (χ0n) is 14.4. The van der Waals surface area contributed by atoms with E-state index < -0.39 is 0 Å². The number of rotatable bonds is 0. The van der Waals surface area contributed by atoms with Gasteiger partial charge in [-0.25, -0.2) is 0 Å². The topological polar surface area (TPSA) is 0 Å². The minimum Gasteiger partial charge on any atom is -0.780 e. The first-order chi connectivity index (χ1) is 11.4. The van der Waals surface area contributed by atoms with Crippen LogP contribution in [0.15, 0.2) is 87.5 Å². The molecule has 0 saturated heterocycles. The Morgan fingerprint density at radius 1 is 0.400 bits per heavy atom. The Hall–Kier alpha value is -0.161. The zero-order chi connectivity index (χ0) is 17.9. The second kappa shape index (κ2) is 14.0. The van der Waals surface area contributed by atoms with Gasteiger partial charge < -0.3 is 37.9 Å². The molecule has 1 radical (unpaired) electrons. The molecule has 137 valence electrons. The molecule has 0 atom stereocenters. The second-order valence-corrected chi connectivity index (χ2v) is 6.85. The molecular weight excluding hydrogens is 521 g/mol. The first-order valence-corrected chi connectivity index (χ1v) is 8.80. The fourth-order valence-corrected chi connectivity index (χ4v) is 2.02. The van der Waals surface area contributed by atoms with Crippen molar-refractivity contribution in [3.05, 3.63) is 89.5 Å². The molecule has 0 spiro atoms. The summed E-state index contributed by atoms with van der Waals surface area (Å²) in [5.41, 5.74) is 3.79. The Bertz CT molecular complexity index is 539. The van der Waals surface area contributed by atoms with Crippen LogP contribution >= 0.6 is 0 Å². The summed E-state index contributed by atoms with van der Waals surface area (Å²) in [5.74, 6) is 0. The molecule has 0 saturated carbocycles. The van der Waals surface area contributed by atoms with Gasteiger partial charge in [0.15, 0.2) is 0 Å². The molecule has 0 heterocycles. The number of hydrogen-bond donors (Lipinski definition) is 0. The molecule has 0 aromatic heterocycles. The van der Waals surface area contributed by atoms with Gasteiger partial charge in [-0.2, -0.15) is 14.7 Å². The molecule has 3 rings (SSSR count). The maximum atomic E-state index is 4.87. The van der Waals surface area contributed by atoms with Crippen LogP contribution in [-0.2, 0) is 37.9 Å². The number of benzene rings is 3. The monoisotopic (exact) mass is 543 g/mol. The predicted octanol–water partition coefficient (Wildman–Crippen LogP) is 5.70. The summed E-state index contributed by atoms with van der Waals surface area (Å²) in [7, 11) is 0. The van der Waals surface area contributed by atoms with Crippen molar-refractivity contribution in [2.24, 2.45) is 0 Å². The van der Waals surface area contributed by atoms with Gasteiger partial charge in [0.25, 0.3) is 0 Å². The largest absolute Gasteiger partial charge is 3.00 e. The van der Waals surface area contributed by atoms with Crippen LogP contribution in [0.2, 0.25) is 0 Å². The van der Waals surface area contributed by atoms with E-state index in [2.05, 4.69) is 20.8 Å². The molecule has 0 nitrogen and oxygen atoms in total. The third-order valence-electron chi connectivity index (χ3n) is 3.06. The van der Waals surface area contributed by atoms with Crippen LogP contribution < -0.4 is 0 Å². The third-order valence-corrected chi connectivity index (χ3v) is 3.88. The van der Waals surface area contributed by atoms with Gasteiger partial charge in [-0.15, -0.1) is 0 Å². The van der Waals surface area contributed by atoms with Crippen molar-refractivity contribution >= 4 is 37.9 Å². The zero-order valence-corrected chi connectivity index (χ0v) is 18.6. The Morgan fingerprint density at radius 2 is 0.560 bits per heavy atom. The molecule has 3 aromatic carbocycles. The Labute approximate surface area is 207 Å². The summed E-state index contributed by atoms with van der Waals surface area (Å²) in [6, 6.07) is 23.7. The standard InChI is InChI=1S/3C7H8S.Yb/c3*1-6-2-4-7(8)5-3-6;/h3*2-5,8H,1H3;/q;;;+3/p-3. The molecule has 0 bridgehead atoms. The molecule has 0 aliphatic rings. The van der Waals surface area contributed by atoms with E-state index in [9.17, 15) is 0 Å². The van der Waals surface area contributed by atoms with Gasteiger partial charge in [-0.05, 0) is 20.8 Å². The maximum Gasteiger partial charge on any atom is 3.00 e. The third kappa shape index (κ3) is 12.8. The van der Waals surface area contributed by atoms with Crippen LogP contribution in [0.25, 0.3) is 0 Å². The maximum absolute atomic E-state index is 4.87. The molecule has 0 amide bonds. The molecule has 3 aromatic rings. The average molecular weight is 543 g/mol. The van der Waals surface area contributed by atoms with E-state index in [-0.39, 0.29) is 46.9 Å². The molecule has 25 heavy (non-hydrogen) atoms. The molecule has 0 fully saturated rings. The SMILES string of the molecule is Cc1ccc([S-])cc1.Cc1ccc([S-])cc1.Cc1ccc([S-])cc1.[Yb+3]. The normalized spacial score (nSPS) is 8.76. The quantitative estimate of drug-likeness (QED) is 0.335. The van der Waals surface area contributed by atoms with Crippen LogP contribution in [0, 0.1) is 67.7 Å². The predicted molar refractivity (Wildman–Crippen MR) is 110 cm³/mol. The van der Waals surface area contributed by atoms with Gasteiger partial charge in [0.05, 0.1) is 0 Å². The summed E-state index contributed by atoms with van der Waals surface area (Å²) < 4.78 is 0. The van der Waals surface area contributed by atoms with Crippen molar-refractivity contribution in [1.82, 2.24) is 0 Å².